The fourth-order valence-electron chi connectivity index (χ4n) is 3.00. The van der Waals surface area contributed by atoms with Crippen molar-refractivity contribution in [1.82, 2.24) is 20.2 Å². The van der Waals surface area contributed by atoms with E-state index in [1.54, 1.807) is 48.7 Å². The van der Waals surface area contributed by atoms with Crippen LogP contribution in [0.1, 0.15) is 20.8 Å². The average molecular weight is 455 g/mol. The van der Waals surface area contributed by atoms with E-state index in [1.807, 2.05) is 13.0 Å². The smallest absolute Gasteiger partial charge is 0.267 e. The van der Waals surface area contributed by atoms with Crippen LogP contribution in [-0.2, 0) is 10.0 Å². The Kier molecular flexibility index (Phi) is 5.53. The van der Waals surface area contributed by atoms with Gasteiger partial charge in [0.2, 0.25) is 0 Å². The predicted molar refractivity (Wildman–Crippen MR) is 118 cm³/mol. The quantitative estimate of drug-likeness (QED) is 0.461. The van der Waals surface area contributed by atoms with E-state index in [9.17, 15) is 13.2 Å². The monoisotopic (exact) mass is 454 g/mol. The Morgan fingerprint density at radius 1 is 1.06 bits per heavy atom. The number of thiophene rings is 1. The molecule has 1 amide bonds. The number of nitrogens with zero attached hydrogens (tertiary/aromatic N) is 4. The van der Waals surface area contributed by atoms with E-state index >= 15 is 0 Å². The molecule has 4 aromatic rings. The number of tetrazole rings is 1. The van der Waals surface area contributed by atoms with Gasteiger partial charge >= 0.3 is 0 Å². The Morgan fingerprint density at radius 3 is 2.65 bits per heavy atom. The molecule has 11 heteroatoms. The standard InChI is InChI=1S/C20H18N6O3S2/c1-13-4-3-5-16(10-13)23-31(28,29)18-11-15(7-6-14(18)2)22-20(27)19-17(8-9-30-19)26-12-21-24-25-26/h3-12,23H,1-2H3,(H,22,27). The fraction of sp³-hybridized carbons (Fsp3) is 0.100. The lowest BCUT2D eigenvalue weighted by Gasteiger charge is -2.13. The molecule has 0 aliphatic carbocycles. The highest BCUT2D eigenvalue weighted by molar-refractivity contribution is 7.92. The lowest BCUT2D eigenvalue weighted by molar-refractivity contribution is 0.103. The first-order chi connectivity index (χ1) is 14.8. The molecule has 0 radical (unpaired) electrons. The van der Waals surface area contributed by atoms with E-state index < -0.39 is 10.0 Å². The van der Waals surface area contributed by atoms with Crippen molar-refractivity contribution in [2.75, 3.05) is 10.0 Å². The van der Waals surface area contributed by atoms with Crippen LogP contribution < -0.4 is 10.0 Å². The largest absolute Gasteiger partial charge is 0.321 e. The summed E-state index contributed by atoms with van der Waals surface area (Å²) < 4.78 is 29.9. The van der Waals surface area contributed by atoms with Gasteiger partial charge in [-0.3, -0.25) is 9.52 Å². The second kappa shape index (κ2) is 8.28. The van der Waals surface area contributed by atoms with Crippen molar-refractivity contribution in [1.29, 1.82) is 0 Å². The molecule has 0 saturated heterocycles. The third kappa shape index (κ3) is 4.47. The van der Waals surface area contributed by atoms with Gasteiger partial charge in [-0.05, 0) is 71.1 Å². The molecule has 0 bridgehead atoms. The maximum absolute atomic E-state index is 13.0. The van der Waals surface area contributed by atoms with Gasteiger partial charge in [0.05, 0.1) is 10.6 Å². The maximum Gasteiger partial charge on any atom is 0.267 e. The molecule has 2 aromatic carbocycles. The van der Waals surface area contributed by atoms with Gasteiger partial charge in [-0.2, -0.15) is 4.68 Å². The molecule has 2 heterocycles. The van der Waals surface area contributed by atoms with E-state index in [0.717, 1.165) is 5.56 Å². The Morgan fingerprint density at radius 2 is 1.90 bits per heavy atom. The number of amides is 1. The number of rotatable bonds is 6. The molecule has 0 fully saturated rings. The molecule has 0 saturated carbocycles. The normalized spacial score (nSPS) is 11.3. The van der Waals surface area contributed by atoms with Gasteiger partial charge in [0, 0.05) is 11.4 Å². The zero-order valence-corrected chi connectivity index (χ0v) is 18.2. The Balaban J connectivity index is 1.60. The maximum atomic E-state index is 13.0. The van der Waals surface area contributed by atoms with E-state index in [1.165, 1.54) is 28.4 Å². The second-order valence-corrected chi connectivity index (χ2v) is 9.37. The molecule has 0 aliphatic heterocycles. The summed E-state index contributed by atoms with van der Waals surface area (Å²) in [6, 6.07) is 13.6. The molecule has 0 aliphatic rings. The molecule has 0 unspecified atom stereocenters. The first kappa shape index (κ1) is 20.7. The molecular formula is C20H18N6O3S2. The van der Waals surface area contributed by atoms with E-state index in [-0.39, 0.29) is 10.8 Å². The van der Waals surface area contributed by atoms with Gasteiger partial charge in [0.1, 0.15) is 11.2 Å². The SMILES string of the molecule is Cc1cccc(NS(=O)(=O)c2cc(NC(=O)c3sccc3-n3cnnn3)ccc2C)c1. The Labute approximate surface area is 182 Å². The van der Waals surface area contributed by atoms with E-state index in [4.69, 9.17) is 0 Å². The summed E-state index contributed by atoms with van der Waals surface area (Å²) in [5, 5.41) is 15.5. The molecule has 0 spiro atoms. The number of benzene rings is 2. The van der Waals surface area contributed by atoms with Crippen LogP contribution in [0.4, 0.5) is 11.4 Å². The minimum Gasteiger partial charge on any atom is -0.321 e. The van der Waals surface area contributed by atoms with Gasteiger partial charge in [-0.15, -0.1) is 16.4 Å². The van der Waals surface area contributed by atoms with Crippen molar-refractivity contribution in [3.63, 3.8) is 0 Å². The molecular weight excluding hydrogens is 436 g/mol. The number of hydrogen-bond donors (Lipinski definition) is 2. The molecule has 31 heavy (non-hydrogen) atoms. The van der Waals surface area contributed by atoms with Crippen LogP contribution >= 0.6 is 11.3 Å². The van der Waals surface area contributed by atoms with Gasteiger partial charge < -0.3 is 5.32 Å². The third-order valence-corrected chi connectivity index (χ3v) is 6.88. The Hall–Kier alpha value is -3.57. The molecule has 0 atom stereocenters. The predicted octanol–water partition coefficient (Wildman–Crippen LogP) is 3.39. The highest BCUT2D eigenvalue weighted by atomic mass is 32.2. The summed E-state index contributed by atoms with van der Waals surface area (Å²) in [6.45, 7) is 3.58. The zero-order chi connectivity index (χ0) is 22.0. The number of anilines is 2. The van der Waals surface area contributed by atoms with Gasteiger partial charge in [-0.25, -0.2) is 8.42 Å². The summed E-state index contributed by atoms with van der Waals surface area (Å²) in [6.07, 6.45) is 1.40. The summed E-state index contributed by atoms with van der Waals surface area (Å²) in [5.74, 6) is -0.389. The van der Waals surface area contributed by atoms with Crippen molar-refractivity contribution in [3.8, 4) is 5.69 Å². The number of aromatic nitrogens is 4. The molecule has 4 rings (SSSR count). The lowest BCUT2D eigenvalue weighted by atomic mass is 10.2. The summed E-state index contributed by atoms with van der Waals surface area (Å²) >= 11 is 1.23. The molecule has 2 N–H and O–H groups in total. The van der Waals surface area contributed by atoms with Crippen LogP contribution in [0.15, 0.2) is 65.1 Å². The number of carbonyl (C=O) groups excluding carboxylic acids is 1. The van der Waals surface area contributed by atoms with Crippen molar-refractivity contribution < 1.29 is 13.2 Å². The van der Waals surface area contributed by atoms with Crippen LogP contribution in [0.2, 0.25) is 0 Å². The highest BCUT2D eigenvalue weighted by Crippen LogP contribution is 2.25. The van der Waals surface area contributed by atoms with Crippen molar-refractivity contribution in [2.24, 2.45) is 0 Å². The summed E-state index contributed by atoms with van der Waals surface area (Å²) in [5.41, 5.74) is 2.86. The fourth-order valence-corrected chi connectivity index (χ4v) is 5.09. The van der Waals surface area contributed by atoms with E-state index in [2.05, 4.69) is 25.6 Å². The van der Waals surface area contributed by atoms with Crippen LogP contribution in [0.25, 0.3) is 5.69 Å². The number of sulfonamides is 1. The van der Waals surface area contributed by atoms with Gasteiger partial charge in [0.25, 0.3) is 15.9 Å². The highest BCUT2D eigenvalue weighted by Gasteiger charge is 2.20. The minimum atomic E-state index is -3.85. The molecule has 9 nitrogen and oxygen atoms in total. The first-order valence-corrected chi connectivity index (χ1v) is 11.5. The number of aryl methyl sites for hydroxylation is 2. The zero-order valence-electron chi connectivity index (χ0n) is 16.6. The van der Waals surface area contributed by atoms with Gasteiger partial charge in [0.15, 0.2) is 0 Å². The van der Waals surface area contributed by atoms with Crippen LogP contribution in [0.5, 0.6) is 0 Å². The topological polar surface area (TPSA) is 119 Å². The van der Waals surface area contributed by atoms with Crippen LogP contribution in [0.3, 0.4) is 0 Å². The lowest BCUT2D eigenvalue weighted by Crippen LogP contribution is -2.16. The second-order valence-electron chi connectivity index (χ2n) is 6.80. The van der Waals surface area contributed by atoms with Crippen molar-refractivity contribution in [2.45, 2.75) is 18.7 Å². The number of nitrogens with one attached hydrogen (secondary N) is 2. The number of carbonyl (C=O) groups is 1. The van der Waals surface area contributed by atoms with E-state index in [0.29, 0.717) is 27.5 Å². The molecule has 2 aromatic heterocycles. The first-order valence-electron chi connectivity index (χ1n) is 9.16. The van der Waals surface area contributed by atoms with Crippen LogP contribution in [0, 0.1) is 13.8 Å². The molecule has 158 valence electrons. The van der Waals surface area contributed by atoms with Crippen molar-refractivity contribution >= 4 is 38.6 Å². The number of hydrogen-bond acceptors (Lipinski definition) is 7. The summed E-state index contributed by atoms with van der Waals surface area (Å²) in [7, 11) is -3.85. The summed E-state index contributed by atoms with van der Waals surface area (Å²) in [4.78, 5) is 13.3. The van der Waals surface area contributed by atoms with Crippen molar-refractivity contribution in [3.05, 3.63) is 76.2 Å². The van der Waals surface area contributed by atoms with Gasteiger partial charge in [-0.1, -0.05) is 18.2 Å². The van der Waals surface area contributed by atoms with Crippen LogP contribution in [-0.4, -0.2) is 34.5 Å². The Bertz CT molecular complexity index is 1350. The average Bonchev–Trinajstić information content (AvgIpc) is 3.40. The minimum absolute atomic E-state index is 0.0821. The third-order valence-electron chi connectivity index (χ3n) is 4.45.